The number of hydrogen-bond donors (Lipinski definition) is 1. The molecule has 0 radical (unpaired) electrons. The Morgan fingerprint density at radius 1 is 0.556 bits per heavy atom. The molecule has 2 aliphatic heterocycles. The van der Waals surface area contributed by atoms with Gasteiger partial charge >= 0.3 is 16.5 Å². The zero-order chi connectivity index (χ0) is 31.5. The van der Waals surface area contributed by atoms with Crippen molar-refractivity contribution < 1.29 is 21.6 Å². The minimum Gasteiger partial charge on any atom is -0.657 e. The van der Waals surface area contributed by atoms with E-state index in [1.54, 1.807) is 0 Å². The second-order valence-electron chi connectivity index (χ2n) is 11.5. The first kappa shape index (κ1) is 34.7. The number of aliphatic hydroxyl groups excluding tert-OH is 1. The van der Waals surface area contributed by atoms with Gasteiger partial charge in [0.05, 0.1) is 29.4 Å². The van der Waals surface area contributed by atoms with Crippen molar-refractivity contribution in [3.8, 4) is 0 Å². The van der Waals surface area contributed by atoms with Crippen molar-refractivity contribution in [3.63, 3.8) is 0 Å². The van der Waals surface area contributed by atoms with Crippen LogP contribution in [0.1, 0.15) is 132 Å². The summed E-state index contributed by atoms with van der Waals surface area (Å²) >= 11 is 0. The van der Waals surface area contributed by atoms with Crippen LogP contribution in [0.5, 0.6) is 0 Å². The monoisotopic (exact) mass is 646 g/mol. The van der Waals surface area contributed by atoms with Gasteiger partial charge in [0.2, 0.25) is 0 Å². The van der Waals surface area contributed by atoms with Crippen LogP contribution in [0.25, 0.3) is 50.4 Å². The van der Waals surface area contributed by atoms with E-state index in [-0.39, 0.29) is 23.1 Å². The average molecular weight is 648 g/mol. The zero-order valence-corrected chi connectivity index (χ0v) is 29.3. The van der Waals surface area contributed by atoms with E-state index in [4.69, 9.17) is 19.9 Å². The fourth-order valence-corrected chi connectivity index (χ4v) is 7.37. The van der Waals surface area contributed by atoms with Crippen molar-refractivity contribution in [2.24, 2.45) is 0 Å². The van der Waals surface area contributed by atoms with Crippen LogP contribution in [0, 0.1) is 0 Å². The number of aromatic nitrogens is 4. The van der Waals surface area contributed by atoms with Crippen LogP contribution in [0.3, 0.4) is 0 Å². The van der Waals surface area contributed by atoms with Gasteiger partial charge in [-0.25, -0.2) is 9.97 Å². The Morgan fingerprint density at radius 3 is 1.42 bits per heavy atom. The average Bonchev–Trinajstić information content (AvgIpc) is 3.76. The summed E-state index contributed by atoms with van der Waals surface area (Å²) in [6.45, 7) is 17.7. The van der Waals surface area contributed by atoms with E-state index < -0.39 is 0 Å². The topological polar surface area (TPSA) is 74.2 Å². The molecule has 0 saturated carbocycles. The number of fused-ring (bicyclic) bond motifs is 8. The smallest absolute Gasteiger partial charge is 0.657 e. The van der Waals surface area contributed by atoms with Gasteiger partial charge in [0.1, 0.15) is 0 Å². The van der Waals surface area contributed by atoms with Crippen molar-refractivity contribution in [1.82, 2.24) is 19.9 Å². The molecule has 0 aromatic carbocycles. The third-order valence-corrected chi connectivity index (χ3v) is 9.38. The van der Waals surface area contributed by atoms with Gasteiger partial charge in [0.25, 0.3) is 0 Å². The summed E-state index contributed by atoms with van der Waals surface area (Å²) in [4.78, 5) is 21.3. The zero-order valence-electron chi connectivity index (χ0n) is 28.3. The minimum atomic E-state index is -0.0384. The predicted octanol–water partition coefficient (Wildman–Crippen LogP) is 9.29. The molecule has 240 valence electrons. The van der Waals surface area contributed by atoms with Crippen LogP contribution >= 0.6 is 0 Å². The molecule has 0 aliphatic carbocycles. The Kier molecular flexibility index (Phi) is 11.5. The number of rotatable bonds is 10. The first-order valence-corrected chi connectivity index (χ1v) is 16.9. The van der Waals surface area contributed by atoms with Crippen molar-refractivity contribution in [2.75, 3.05) is 6.61 Å². The van der Waals surface area contributed by atoms with Crippen LogP contribution < -0.4 is 9.97 Å². The van der Waals surface area contributed by atoms with Gasteiger partial charge in [-0.2, -0.15) is 0 Å². The maximum absolute atomic E-state index is 9.89. The van der Waals surface area contributed by atoms with Gasteiger partial charge in [0, 0.05) is 0 Å². The molecule has 0 unspecified atom stereocenters. The summed E-state index contributed by atoms with van der Waals surface area (Å²) in [6, 6.07) is 6.66. The number of nitrogens with zero attached hydrogens (tertiary/aromatic N) is 4. The van der Waals surface area contributed by atoms with E-state index in [1.165, 1.54) is 44.5 Å². The summed E-state index contributed by atoms with van der Waals surface area (Å²) < 4.78 is 0. The normalized spacial score (nSPS) is 13.4. The Bertz CT molecular complexity index is 1830. The predicted molar refractivity (Wildman–Crippen MR) is 187 cm³/mol. The molecule has 0 spiro atoms. The van der Waals surface area contributed by atoms with E-state index in [0.717, 1.165) is 102 Å². The quantitative estimate of drug-likeness (QED) is 0.222. The maximum atomic E-state index is 9.89. The van der Waals surface area contributed by atoms with Crippen LogP contribution in [0.2, 0.25) is 0 Å². The SMILES string of the molecule is CCC1=C(CC)c2cc3[n-]c(c(/C=C/CO)c4nc(cc5[n-]c(cc1n2)c(CC)c5CC)C(CC)=C4CC)c(CC)c3CC.[Ni+2]. The van der Waals surface area contributed by atoms with E-state index in [0.29, 0.717) is 0 Å². The second-order valence-corrected chi connectivity index (χ2v) is 11.5. The van der Waals surface area contributed by atoms with Crippen LogP contribution in [-0.4, -0.2) is 21.7 Å². The summed E-state index contributed by atoms with van der Waals surface area (Å²) in [5.41, 5.74) is 19.2. The summed E-state index contributed by atoms with van der Waals surface area (Å²) in [6.07, 6.45) is 11.0. The van der Waals surface area contributed by atoms with E-state index in [2.05, 4.69) is 73.6 Å². The Morgan fingerprint density at radius 2 is 0.978 bits per heavy atom. The Hall–Kier alpha value is -3.21. The number of aryl methyl sites for hydroxylation is 4. The van der Waals surface area contributed by atoms with Crippen molar-refractivity contribution >= 4 is 50.4 Å². The Balaban J connectivity index is 0.00000461. The molecule has 0 saturated heterocycles. The molecule has 8 bridgehead atoms. The standard InChI is InChI=1S/C39H48N4O.Ni/c1-9-23-25(11-3)34-21-36-27(13-5)29(15-7)38(42-36)31(18-17-19-44)39-30(16-8)28(14-6)37(43-39)22-35-26(12-4)24(10-2)33(41-35)20-32(23)40-34;/h17-18,20-22,44H,9-16,19H2,1-8H3;/q-2;+2/b18-17+,32-20?,33-20?,34-21?,35-22?,36-21?,37-22?,38-31?,39-31?;. The molecule has 1 N–H and O–H groups in total. The third kappa shape index (κ3) is 6.04. The van der Waals surface area contributed by atoms with Crippen LogP contribution in [0.15, 0.2) is 24.3 Å². The molecule has 2 aliphatic rings. The fraction of sp³-hybridized carbons (Fsp3) is 0.436. The summed E-state index contributed by atoms with van der Waals surface area (Å²) in [5.74, 6) is 0. The fourth-order valence-electron chi connectivity index (χ4n) is 7.37. The summed E-state index contributed by atoms with van der Waals surface area (Å²) in [5, 5.41) is 9.89. The molecule has 0 fully saturated rings. The van der Waals surface area contributed by atoms with Crippen LogP contribution in [0.4, 0.5) is 0 Å². The Labute approximate surface area is 279 Å². The second kappa shape index (κ2) is 14.9. The molecule has 5 rings (SSSR count). The van der Waals surface area contributed by atoms with Crippen LogP contribution in [-0.2, 0) is 42.2 Å². The minimum absolute atomic E-state index is 0. The van der Waals surface area contributed by atoms with Crippen molar-refractivity contribution in [2.45, 2.75) is 107 Å². The molecule has 5 heterocycles. The van der Waals surface area contributed by atoms with Gasteiger partial charge < -0.3 is 15.1 Å². The molecule has 3 aromatic heterocycles. The molecule has 0 atom stereocenters. The first-order valence-electron chi connectivity index (χ1n) is 16.9. The largest absolute Gasteiger partial charge is 2.00 e. The number of aliphatic hydroxyl groups is 1. The third-order valence-electron chi connectivity index (χ3n) is 9.38. The van der Waals surface area contributed by atoms with Gasteiger partial charge in [-0.15, -0.1) is 22.1 Å². The summed E-state index contributed by atoms with van der Waals surface area (Å²) in [7, 11) is 0. The van der Waals surface area contributed by atoms with Crippen molar-refractivity contribution in [1.29, 1.82) is 0 Å². The van der Waals surface area contributed by atoms with Gasteiger partial charge in [-0.1, -0.05) is 108 Å². The molecule has 6 heteroatoms. The molecular weight excluding hydrogens is 599 g/mol. The van der Waals surface area contributed by atoms with Gasteiger partial charge in [-0.05, 0) is 79.2 Å². The van der Waals surface area contributed by atoms with Crippen molar-refractivity contribution in [3.05, 3.63) is 74.9 Å². The van der Waals surface area contributed by atoms with E-state index in [9.17, 15) is 5.11 Å². The molecular formula is C39H48N4NiO. The van der Waals surface area contributed by atoms with Gasteiger partial charge in [0.15, 0.2) is 0 Å². The molecule has 0 amide bonds. The molecule has 45 heavy (non-hydrogen) atoms. The van der Waals surface area contributed by atoms with E-state index >= 15 is 0 Å². The van der Waals surface area contributed by atoms with E-state index in [1.807, 2.05) is 12.2 Å². The maximum Gasteiger partial charge on any atom is 2.00 e. The molecule has 5 nitrogen and oxygen atoms in total. The number of hydrogen-bond acceptors (Lipinski definition) is 3. The number of allylic oxidation sites excluding steroid dienone is 4. The van der Waals surface area contributed by atoms with Gasteiger partial charge in [-0.3, -0.25) is 0 Å². The first-order chi connectivity index (χ1) is 21.4. The molecule has 3 aromatic rings.